The fraction of sp³-hybridized carbons (Fsp3) is 0.100. The third-order valence-electron chi connectivity index (χ3n) is 3.81. The van der Waals surface area contributed by atoms with E-state index in [0.717, 1.165) is 0 Å². The average molecular weight is 378 g/mol. The molecule has 1 aromatic heterocycles. The molecule has 0 amide bonds. The third-order valence-corrected chi connectivity index (χ3v) is 4.78. The van der Waals surface area contributed by atoms with Crippen LogP contribution in [-0.4, -0.2) is 26.3 Å². The van der Waals surface area contributed by atoms with Gasteiger partial charge in [-0.25, -0.2) is 4.39 Å². The summed E-state index contributed by atoms with van der Waals surface area (Å²) in [5.74, 6) is 0.0603. The number of nitrogens with zero attached hydrogens (tertiary/aromatic N) is 4. The summed E-state index contributed by atoms with van der Waals surface area (Å²) in [6, 6.07) is 14.8. The number of thioether (sulfide) groups is 1. The zero-order valence-corrected chi connectivity index (χ0v) is 15.1. The minimum absolute atomic E-state index is 0.0925. The lowest BCUT2D eigenvalue weighted by molar-refractivity contribution is 0.102. The van der Waals surface area contributed by atoms with Crippen LogP contribution in [0.3, 0.4) is 0 Å². The van der Waals surface area contributed by atoms with E-state index >= 15 is 0 Å². The number of hydrogen-bond acceptors (Lipinski definition) is 5. The summed E-state index contributed by atoms with van der Waals surface area (Å²) >= 11 is 1.23. The van der Waals surface area contributed by atoms with Gasteiger partial charge in [0.05, 0.1) is 22.9 Å². The molecule has 0 N–H and O–H groups in total. The fourth-order valence-corrected chi connectivity index (χ4v) is 3.32. The molecular weight excluding hydrogens is 363 g/mol. The molecular formula is C20H15FN4OS. The van der Waals surface area contributed by atoms with Gasteiger partial charge in [-0.1, -0.05) is 42.1 Å². The van der Waals surface area contributed by atoms with E-state index in [1.165, 1.54) is 17.8 Å². The van der Waals surface area contributed by atoms with Crippen molar-refractivity contribution >= 4 is 17.5 Å². The Labute approximate surface area is 160 Å². The highest BCUT2D eigenvalue weighted by Gasteiger charge is 2.17. The van der Waals surface area contributed by atoms with E-state index in [1.54, 1.807) is 53.1 Å². The molecule has 0 radical (unpaired) electrons. The summed E-state index contributed by atoms with van der Waals surface area (Å²) in [6.45, 7) is 4.11. The van der Waals surface area contributed by atoms with E-state index in [4.69, 9.17) is 5.26 Å². The van der Waals surface area contributed by atoms with Crippen molar-refractivity contribution in [1.82, 2.24) is 14.8 Å². The number of halogens is 1. The molecule has 0 fully saturated rings. The van der Waals surface area contributed by atoms with Gasteiger partial charge >= 0.3 is 0 Å². The minimum Gasteiger partial charge on any atom is -0.298 e. The van der Waals surface area contributed by atoms with Gasteiger partial charge < -0.3 is 0 Å². The molecule has 27 heavy (non-hydrogen) atoms. The first-order valence-corrected chi connectivity index (χ1v) is 9.07. The van der Waals surface area contributed by atoms with Crippen LogP contribution >= 0.6 is 11.8 Å². The second kappa shape index (κ2) is 8.43. The maximum absolute atomic E-state index is 14.1. The normalized spacial score (nSPS) is 10.4. The van der Waals surface area contributed by atoms with E-state index in [9.17, 15) is 9.18 Å². The van der Waals surface area contributed by atoms with Gasteiger partial charge in [0.15, 0.2) is 16.8 Å². The molecule has 0 aliphatic heterocycles. The summed E-state index contributed by atoms with van der Waals surface area (Å²) in [4.78, 5) is 12.4. The number of nitriles is 1. The van der Waals surface area contributed by atoms with Crippen molar-refractivity contribution in [3.63, 3.8) is 0 Å². The number of rotatable bonds is 7. The molecule has 0 saturated carbocycles. The SMILES string of the molecule is C=CCn1c(SCC(=O)c2ccc(C#N)cc2)nnc1-c1ccccc1F. The Bertz CT molecular complexity index is 1020. The topological polar surface area (TPSA) is 71.6 Å². The van der Waals surface area contributed by atoms with Gasteiger partial charge in [-0.2, -0.15) is 5.26 Å². The Morgan fingerprint density at radius 2 is 1.96 bits per heavy atom. The second-order valence-corrected chi connectivity index (χ2v) is 6.53. The Hall–Kier alpha value is -3.24. The van der Waals surface area contributed by atoms with E-state index < -0.39 is 0 Å². The van der Waals surface area contributed by atoms with E-state index in [0.29, 0.717) is 34.2 Å². The van der Waals surface area contributed by atoms with Crippen LogP contribution in [0.25, 0.3) is 11.4 Å². The Morgan fingerprint density at radius 1 is 1.22 bits per heavy atom. The van der Waals surface area contributed by atoms with Crippen LogP contribution in [-0.2, 0) is 6.54 Å². The van der Waals surface area contributed by atoms with Crippen LogP contribution in [0.5, 0.6) is 0 Å². The summed E-state index contributed by atoms with van der Waals surface area (Å²) in [7, 11) is 0. The summed E-state index contributed by atoms with van der Waals surface area (Å²) in [5.41, 5.74) is 1.36. The first-order chi connectivity index (χ1) is 13.1. The van der Waals surface area contributed by atoms with Gasteiger partial charge in [-0.05, 0) is 24.3 Å². The lowest BCUT2D eigenvalue weighted by atomic mass is 10.1. The quantitative estimate of drug-likeness (QED) is 0.351. The maximum Gasteiger partial charge on any atom is 0.192 e. The molecule has 5 nitrogen and oxygen atoms in total. The molecule has 0 aliphatic rings. The highest BCUT2D eigenvalue weighted by Crippen LogP contribution is 2.26. The van der Waals surface area contributed by atoms with Gasteiger partial charge in [0.1, 0.15) is 5.82 Å². The number of ketones is 1. The number of carbonyl (C=O) groups is 1. The van der Waals surface area contributed by atoms with Gasteiger partial charge in [0.2, 0.25) is 0 Å². The van der Waals surface area contributed by atoms with Crippen LogP contribution < -0.4 is 0 Å². The summed E-state index contributed by atoms with van der Waals surface area (Å²) < 4.78 is 15.8. The summed E-state index contributed by atoms with van der Waals surface area (Å²) in [6.07, 6.45) is 1.67. The van der Waals surface area contributed by atoms with Crippen LogP contribution in [0.4, 0.5) is 4.39 Å². The van der Waals surface area contributed by atoms with Gasteiger partial charge in [0.25, 0.3) is 0 Å². The number of hydrogen-bond donors (Lipinski definition) is 0. The lowest BCUT2D eigenvalue weighted by Gasteiger charge is -2.08. The highest BCUT2D eigenvalue weighted by atomic mass is 32.2. The number of aromatic nitrogens is 3. The van der Waals surface area contributed by atoms with Crippen molar-refractivity contribution in [2.45, 2.75) is 11.7 Å². The average Bonchev–Trinajstić information content (AvgIpc) is 3.09. The predicted octanol–water partition coefficient (Wildman–Crippen LogP) is 4.12. The van der Waals surface area contributed by atoms with Crippen LogP contribution in [0.15, 0.2) is 66.3 Å². The Kier molecular flexibility index (Phi) is 5.79. The third kappa shape index (κ3) is 4.13. The molecule has 134 valence electrons. The number of allylic oxidation sites excluding steroid dienone is 1. The van der Waals surface area contributed by atoms with Crippen molar-refractivity contribution in [1.29, 1.82) is 5.26 Å². The van der Waals surface area contributed by atoms with Gasteiger partial charge in [-0.15, -0.1) is 16.8 Å². The van der Waals surface area contributed by atoms with Gasteiger partial charge in [0, 0.05) is 12.1 Å². The van der Waals surface area contributed by atoms with Crippen LogP contribution in [0.1, 0.15) is 15.9 Å². The highest BCUT2D eigenvalue weighted by molar-refractivity contribution is 7.99. The maximum atomic E-state index is 14.1. The molecule has 2 aromatic carbocycles. The first-order valence-electron chi connectivity index (χ1n) is 8.09. The largest absolute Gasteiger partial charge is 0.298 e. The number of Topliss-reactive ketones (excluding diaryl/α,β-unsaturated/α-hetero) is 1. The molecule has 1 heterocycles. The van der Waals surface area contributed by atoms with Crippen molar-refractivity contribution in [3.8, 4) is 17.5 Å². The first kappa shape index (κ1) is 18.5. The zero-order valence-electron chi connectivity index (χ0n) is 14.3. The molecule has 0 saturated heterocycles. The van der Waals surface area contributed by atoms with E-state index in [1.807, 2.05) is 6.07 Å². The minimum atomic E-state index is -0.388. The molecule has 0 spiro atoms. The fourth-order valence-electron chi connectivity index (χ4n) is 2.48. The second-order valence-electron chi connectivity index (χ2n) is 5.59. The molecule has 3 aromatic rings. The standard InChI is InChI=1S/C20H15FN4OS/c1-2-11-25-19(16-5-3-4-6-17(16)21)23-24-20(25)27-13-18(26)15-9-7-14(12-22)8-10-15/h2-10H,1,11,13H2. The molecule has 7 heteroatoms. The van der Waals surface area contributed by atoms with Crippen molar-refractivity contribution in [3.05, 3.63) is 78.1 Å². The Balaban J connectivity index is 1.80. The van der Waals surface area contributed by atoms with Crippen molar-refractivity contribution in [2.24, 2.45) is 0 Å². The molecule has 0 aliphatic carbocycles. The van der Waals surface area contributed by atoms with Crippen LogP contribution in [0, 0.1) is 17.1 Å². The summed E-state index contributed by atoms with van der Waals surface area (Å²) in [5, 5.41) is 17.5. The monoisotopic (exact) mass is 378 g/mol. The zero-order chi connectivity index (χ0) is 19.2. The molecule has 0 atom stereocenters. The van der Waals surface area contributed by atoms with Crippen molar-refractivity contribution < 1.29 is 9.18 Å². The number of carbonyl (C=O) groups excluding carboxylic acids is 1. The van der Waals surface area contributed by atoms with Gasteiger partial charge in [-0.3, -0.25) is 9.36 Å². The van der Waals surface area contributed by atoms with E-state index in [-0.39, 0.29) is 17.4 Å². The smallest absolute Gasteiger partial charge is 0.192 e. The molecule has 0 unspecified atom stereocenters. The number of benzene rings is 2. The van der Waals surface area contributed by atoms with E-state index in [2.05, 4.69) is 16.8 Å². The van der Waals surface area contributed by atoms with Crippen molar-refractivity contribution in [2.75, 3.05) is 5.75 Å². The lowest BCUT2D eigenvalue weighted by Crippen LogP contribution is -2.06. The van der Waals surface area contributed by atoms with Crippen LogP contribution in [0.2, 0.25) is 0 Å². The Morgan fingerprint density at radius 3 is 2.63 bits per heavy atom. The molecule has 3 rings (SSSR count). The predicted molar refractivity (Wildman–Crippen MR) is 102 cm³/mol. The molecule has 0 bridgehead atoms.